The lowest BCUT2D eigenvalue weighted by molar-refractivity contribution is 0.0681. The molecule has 6 nitrogen and oxygen atoms in total. The van der Waals surface area contributed by atoms with Crippen LogP contribution in [0.1, 0.15) is 45.5 Å². The topological polar surface area (TPSA) is 73.7 Å². The minimum Gasteiger partial charge on any atom is -0.506 e. The Hall–Kier alpha value is -3.04. The number of phenolic OH excluding ortho intramolecular Hbond substituents is 1. The molecule has 3 heterocycles. The Morgan fingerprint density at radius 2 is 1.97 bits per heavy atom. The maximum atomic E-state index is 13.0. The second kappa shape index (κ2) is 8.37. The molecule has 2 aliphatic rings. The average Bonchev–Trinajstić information content (AvgIpc) is 3.44. The van der Waals surface area contributed by atoms with Crippen LogP contribution in [0.2, 0.25) is 5.02 Å². The number of likely N-dealkylation sites (tertiary alicyclic amines) is 2. The highest BCUT2D eigenvalue weighted by Gasteiger charge is 2.39. The van der Waals surface area contributed by atoms with E-state index < -0.39 is 0 Å². The lowest BCUT2D eigenvalue weighted by Gasteiger charge is -2.29. The molecule has 154 valence electrons. The third-order valence-corrected chi connectivity index (χ3v) is 6.28. The zero-order valence-electron chi connectivity index (χ0n) is 16.4. The smallest absolute Gasteiger partial charge is 0.255 e. The second-order valence-electron chi connectivity index (χ2n) is 7.78. The highest BCUT2D eigenvalue weighted by molar-refractivity contribution is 6.32. The predicted molar refractivity (Wildman–Crippen MR) is 113 cm³/mol. The summed E-state index contributed by atoms with van der Waals surface area (Å²) in [5.41, 5.74) is 1.49. The molecule has 0 bridgehead atoms. The van der Waals surface area contributed by atoms with Gasteiger partial charge in [0.25, 0.3) is 11.8 Å². The Kier molecular flexibility index (Phi) is 5.65. The molecule has 4 rings (SSSR count). The first kappa shape index (κ1) is 20.2. The Labute approximate surface area is 180 Å². The van der Waals surface area contributed by atoms with Crippen molar-refractivity contribution >= 4 is 23.4 Å². The van der Waals surface area contributed by atoms with E-state index in [1.54, 1.807) is 18.3 Å². The van der Waals surface area contributed by atoms with E-state index in [1.165, 1.54) is 18.3 Å². The lowest BCUT2D eigenvalue weighted by Crippen LogP contribution is -2.41. The summed E-state index contributed by atoms with van der Waals surface area (Å²) in [4.78, 5) is 33.7. The highest BCUT2D eigenvalue weighted by atomic mass is 35.5. The van der Waals surface area contributed by atoms with Gasteiger partial charge in [0, 0.05) is 49.2 Å². The molecule has 30 heavy (non-hydrogen) atoms. The number of benzene rings is 1. The first-order valence-corrected chi connectivity index (χ1v) is 10.4. The van der Waals surface area contributed by atoms with Crippen LogP contribution < -0.4 is 0 Å². The zero-order chi connectivity index (χ0) is 21.3. The summed E-state index contributed by atoms with van der Waals surface area (Å²) in [6.45, 7) is 1.91. The molecule has 1 N–H and O–H groups in total. The zero-order valence-corrected chi connectivity index (χ0v) is 17.2. The number of carbonyl (C=O) groups is 2. The van der Waals surface area contributed by atoms with E-state index in [9.17, 15) is 14.7 Å². The van der Waals surface area contributed by atoms with E-state index in [-0.39, 0.29) is 34.5 Å². The SMILES string of the molecule is C#Cc1cncc(C(=O)N2CCC(C3CCCN3C(=O)c3ccc(Cl)c(O)c3)C2)c1. The van der Waals surface area contributed by atoms with Crippen LogP contribution in [0.5, 0.6) is 5.75 Å². The van der Waals surface area contributed by atoms with Crippen molar-refractivity contribution in [3.8, 4) is 18.1 Å². The number of hydrogen-bond acceptors (Lipinski definition) is 4. The molecular formula is C23H22ClN3O3. The largest absolute Gasteiger partial charge is 0.506 e. The lowest BCUT2D eigenvalue weighted by atomic mass is 9.96. The van der Waals surface area contributed by atoms with Gasteiger partial charge in [-0.25, -0.2) is 0 Å². The van der Waals surface area contributed by atoms with Crippen LogP contribution in [0.25, 0.3) is 0 Å². The van der Waals surface area contributed by atoms with E-state index in [0.29, 0.717) is 36.3 Å². The number of rotatable bonds is 3. The normalized spacial score (nSPS) is 20.9. The van der Waals surface area contributed by atoms with Gasteiger partial charge >= 0.3 is 0 Å². The number of hydrogen-bond donors (Lipinski definition) is 1. The summed E-state index contributed by atoms with van der Waals surface area (Å²) in [5, 5.41) is 10.1. The molecule has 1 aromatic heterocycles. The Morgan fingerprint density at radius 1 is 1.13 bits per heavy atom. The summed E-state index contributed by atoms with van der Waals surface area (Å²) >= 11 is 5.86. The summed E-state index contributed by atoms with van der Waals surface area (Å²) in [7, 11) is 0. The molecule has 7 heteroatoms. The molecule has 2 unspecified atom stereocenters. The van der Waals surface area contributed by atoms with Gasteiger partial charge in [0.15, 0.2) is 0 Å². The Balaban J connectivity index is 1.46. The van der Waals surface area contributed by atoms with Crippen LogP contribution in [0.15, 0.2) is 36.7 Å². The van der Waals surface area contributed by atoms with Crippen LogP contribution in [-0.4, -0.2) is 57.4 Å². The summed E-state index contributed by atoms with van der Waals surface area (Å²) in [6.07, 6.45) is 11.2. The second-order valence-corrected chi connectivity index (χ2v) is 8.19. The van der Waals surface area contributed by atoms with Crippen LogP contribution >= 0.6 is 11.6 Å². The van der Waals surface area contributed by atoms with Crippen molar-refractivity contribution in [1.29, 1.82) is 0 Å². The summed E-state index contributed by atoms with van der Waals surface area (Å²) in [5.74, 6) is 2.42. The van der Waals surface area contributed by atoms with Gasteiger partial charge in [-0.15, -0.1) is 6.42 Å². The first-order chi connectivity index (χ1) is 14.5. The number of pyridine rings is 1. The van der Waals surface area contributed by atoms with Gasteiger partial charge in [-0.3, -0.25) is 14.6 Å². The van der Waals surface area contributed by atoms with E-state index in [1.807, 2.05) is 9.80 Å². The Bertz CT molecular complexity index is 1030. The van der Waals surface area contributed by atoms with E-state index in [0.717, 1.165) is 19.3 Å². The number of halogens is 1. The molecule has 2 amide bonds. The average molecular weight is 424 g/mol. The number of phenols is 1. The fourth-order valence-electron chi connectivity index (χ4n) is 4.45. The number of aromatic nitrogens is 1. The van der Waals surface area contributed by atoms with Gasteiger partial charge in [0.1, 0.15) is 5.75 Å². The molecular weight excluding hydrogens is 402 g/mol. The van der Waals surface area contributed by atoms with Gasteiger partial charge in [0.2, 0.25) is 0 Å². The third-order valence-electron chi connectivity index (χ3n) is 5.96. The molecule has 0 radical (unpaired) electrons. The van der Waals surface area contributed by atoms with Crippen molar-refractivity contribution in [1.82, 2.24) is 14.8 Å². The van der Waals surface area contributed by atoms with Crippen LogP contribution in [0, 0.1) is 18.3 Å². The van der Waals surface area contributed by atoms with Crippen LogP contribution in [0.3, 0.4) is 0 Å². The van der Waals surface area contributed by atoms with E-state index >= 15 is 0 Å². The molecule has 0 spiro atoms. The van der Waals surface area contributed by atoms with Crippen molar-refractivity contribution in [2.24, 2.45) is 5.92 Å². The van der Waals surface area contributed by atoms with Crippen molar-refractivity contribution in [2.75, 3.05) is 19.6 Å². The van der Waals surface area contributed by atoms with Crippen molar-refractivity contribution in [3.63, 3.8) is 0 Å². The fourth-order valence-corrected chi connectivity index (χ4v) is 4.57. The quantitative estimate of drug-likeness (QED) is 0.769. The molecule has 0 saturated carbocycles. The van der Waals surface area contributed by atoms with Crippen molar-refractivity contribution in [3.05, 3.63) is 58.4 Å². The molecule has 2 aliphatic heterocycles. The molecule has 0 aliphatic carbocycles. The number of terminal acetylenes is 1. The van der Waals surface area contributed by atoms with Gasteiger partial charge in [0.05, 0.1) is 10.6 Å². The van der Waals surface area contributed by atoms with Crippen LogP contribution in [-0.2, 0) is 0 Å². The van der Waals surface area contributed by atoms with Gasteiger partial charge in [-0.05, 0) is 49.4 Å². The molecule has 2 saturated heterocycles. The molecule has 2 fully saturated rings. The molecule has 1 aromatic carbocycles. The number of amides is 2. The maximum Gasteiger partial charge on any atom is 0.255 e. The molecule has 2 aromatic rings. The Morgan fingerprint density at radius 3 is 2.73 bits per heavy atom. The van der Waals surface area contributed by atoms with Gasteiger partial charge < -0.3 is 14.9 Å². The number of aromatic hydroxyl groups is 1. The predicted octanol–water partition coefficient (Wildman–Crippen LogP) is 3.19. The number of carbonyl (C=O) groups excluding carboxylic acids is 2. The highest BCUT2D eigenvalue weighted by Crippen LogP contribution is 2.33. The summed E-state index contributed by atoms with van der Waals surface area (Å²) in [6, 6.07) is 6.33. The minimum absolute atomic E-state index is 0.0725. The first-order valence-electron chi connectivity index (χ1n) is 9.98. The van der Waals surface area contributed by atoms with Crippen molar-refractivity contribution in [2.45, 2.75) is 25.3 Å². The standard InChI is InChI=1S/C23H22ClN3O3/c1-2-15-10-18(13-25-12-15)22(29)26-9-7-17(14-26)20-4-3-8-27(20)23(30)16-5-6-19(24)21(28)11-16/h1,5-6,10-13,17,20,28H,3-4,7-9,14H2. The van der Waals surface area contributed by atoms with Gasteiger partial charge in [-0.1, -0.05) is 17.5 Å². The third kappa shape index (κ3) is 3.86. The van der Waals surface area contributed by atoms with Crippen molar-refractivity contribution < 1.29 is 14.7 Å². The summed E-state index contributed by atoms with van der Waals surface area (Å²) < 4.78 is 0. The van der Waals surface area contributed by atoms with E-state index in [4.69, 9.17) is 18.0 Å². The van der Waals surface area contributed by atoms with Crippen LogP contribution in [0.4, 0.5) is 0 Å². The van der Waals surface area contributed by atoms with E-state index in [2.05, 4.69) is 10.9 Å². The molecule has 2 atom stereocenters. The van der Waals surface area contributed by atoms with Gasteiger partial charge in [-0.2, -0.15) is 0 Å². The fraction of sp³-hybridized carbons (Fsp3) is 0.348. The maximum absolute atomic E-state index is 13.0. The minimum atomic E-state index is -0.111. The number of nitrogens with zero attached hydrogens (tertiary/aromatic N) is 3. The monoisotopic (exact) mass is 423 g/mol.